The summed E-state index contributed by atoms with van der Waals surface area (Å²) >= 11 is 0. The van der Waals surface area contributed by atoms with Crippen LogP contribution in [-0.4, -0.2) is 18.0 Å². The highest BCUT2D eigenvalue weighted by atomic mass is 19.1. The van der Waals surface area contributed by atoms with Gasteiger partial charge in [0.2, 0.25) is 0 Å². The molecule has 1 aliphatic heterocycles. The maximum atomic E-state index is 12.9. The van der Waals surface area contributed by atoms with Gasteiger partial charge < -0.3 is 0 Å². The first-order chi connectivity index (χ1) is 7.24. The van der Waals surface area contributed by atoms with Crippen LogP contribution in [0.1, 0.15) is 24.8 Å². The molecule has 1 aliphatic rings. The minimum absolute atomic E-state index is 0.484. The van der Waals surface area contributed by atoms with Gasteiger partial charge in [0.05, 0.1) is 0 Å². The van der Waals surface area contributed by atoms with Crippen molar-refractivity contribution in [1.29, 1.82) is 0 Å². The smallest absolute Gasteiger partial charge is 0.126 e. The maximum Gasteiger partial charge on any atom is 0.126 e. The molecule has 82 valence electrons. The van der Waals surface area contributed by atoms with Gasteiger partial charge in [-0.3, -0.25) is 4.90 Å². The zero-order chi connectivity index (χ0) is 10.7. The third-order valence-corrected chi connectivity index (χ3v) is 2.78. The van der Waals surface area contributed by atoms with E-state index >= 15 is 0 Å². The molecule has 0 unspecified atom stereocenters. The average molecular weight is 211 g/mol. The van der Waals surface area contributed by atoms with Crippen molar-refractivity contribution < 1.29 is 8.78 Å². The first-order valence-corrected chi connectivity index (χ1v) is 5.41. The Bertz CT molecular complexity index is 312. The third kappa shape index (κ3) is 2.99. The molecule has 0 aliphatic carbocycles. The molecule has 3 heteroatoms. The van der Waals surface area contributed by atoms with E-state index in [0.29, 0.717) is 6.54 Å². The van der Waals surface area contributed by atoms with Crippen molar-refractivity contribution in [3.8, 4) is 0 Å². The number of likely N-dealkylation sites (tertiary alicyclic amines) is 1. The Hall–Kier alpha value is -0.960. The standard InChI is InChI=1S/C12H15F2N/c13-11-6-10(7-12(14)8-11)9-15-4-2-1-3-5-15/h6-8H,1-5,9H2. The number of benzene rings is 1. The number of hydrogen-bond acceptors (Lipinski definition) is 1. The molecular formula is C12H15F2N. The van der Waals surface area contributed by atoms with Crippen LogP contribution in [0.5, 0.6) is 0 Å². The number of nitrogens with zero attached hydrogens (tertiary/aromatic N) is 1. The Kier molecular flexibility index (Phi) is 3.31. The Morgan fingerprint density at radius 3 is 2.13 bits per heavy atom. The van der Waals surface area contributed by atoms with E-state index in [-0.39, 0.29) is 0 Å². The molecule has 2 rings (SSSR count). The largest absolute Gasteiger partial charge is 0.299 e. The van der Waals surface area contributed by atoms with Crippen LogP contribution >= 0.6 is 0 Å². The van der Waals surface area contributed by atoms with Gasteiger partial charge in [0.15, 0.2) is 0 Å². The Labute approximate surface area is 88.7 Å². The molecule has 1 fully saturated rings. The van der Waals surface area contributed by atoms with E-state index < -0.39 is 11.6 Å². The molecule has 1 aromatic carbocycles. The van der Waals surface area contributed by atoms with Crippen LogP contribution in [0.2, 0.25) is 0 Å². The summed E-state index contributed by atoms with van der Waals surface area (Å²) in [6.45, 7) is 2.74. The van der Waals surface area contributed by atoms with Gasteiger partial charge in [0.25, 0.3) is 0 Å². The summed E-state index contributed by atoms with van der Waals surface area (Å²) in [6, 6.07) is 3.75. The van der Waals surface area contributed by atoms with E-state index in [1.807, 2.05) is 0 Å². The Morgan fingerprint density at radius 2 is 1.53 bits per heavy atom. The lowest BCUT2D eigenvalue weighted by Crippen LogP contribution is -2.29. The van der Waals surface area contributed by atoms with Crippen LogP contribution in [0.15, 0.2) is 18.2 Å². The van der Waals surface area contributed by atoms with Crippen molar-refractivity contribution in [1.82, 2.24) is 4.90 Å². The first-order valence-electron chi connectivity index (χ1n) is 5.41. The van der Waals surface area contributed by atoms with Gasteiger partial charge in [-0.25, -0.2) is 8.78 Å². The summed E-state index contributed by atoms with van der Waals surface area (Å²) in [5.41, 5.74) is 0.731. The highest BCUT2D eigenvalue weighted by Gasteiger charge is 2.11. The van der Waals surface area contributed by atoms with Crippen molar-refractivity contribution in [2.45, 2.75) is 25.8 Å². The highest BCUT2D eigenvalue weighted by molar-refractivity contribution is 5.17. The molecule has 0 aromatic heterocycles. The van der Waals surface area contributed by atoms with E-state index in [4.69, 9.17) is 0 Å². The molecule has 0 N–H and O–H groups in total. The molecule has 0 amide bonds. The van der Waals surface area contributed by atoms with Gasteiger partial charge in [0, 0.05) is 12.6 Å². The second-order valence-corrected chi connectivity index (χ2v) is 4.11. The van der Waals surface area contributed by atoms with Crippen LogP contribution < -0.4 is 0 Å². The predicted octanol–water partition coefficient (Wildman–Crippen LogP) is 2.95. The fourth-order valence-corrected chi connectivity index (χ4v) is 2.08. The van der Waals surface area contributed by atoms with E-state index in [1.54, 1.807) is 0 Å². The van der Waals surface area contributed by atoms with Crippen LogP contribution in [0.4, 0.5) is 8.78 Å². The predicted molar refractivity (Wildman–Crippen MR) is 55.5 cm³/mol. The molecule has 0 bridgehead atoms. The molecule has 1 heterocycles. The number of rotatable bonds is 2. The maximum absolute atomic E-state index is 12.9. The summed E-state index contributed by atoms with van der Waals surface area (Å²) in [5, 5.41) is 0. The summed E-state index contributed by atoms with van der Waals surface area (Å²) in [5.74, 6) is -0.969. The summed E-state index contributed by atoms with van der Waals surface area (Å²) < 4.78 is 25.8. The lowest BCUT2D eigenvalue weighted by atomic mass is 10.1. The van der Waals surface area contributed by atoms with Crippen LogP contribution in [0, 0.1) is 11.6 Å². The fourth-order valence-electron chi connectivity index (χ4n) is 2.08. The zero-order valence-corrected chi connectivity index (χ0v) is 8.68. The van der Waals surface area contributed by atoms with Crippen molar-refractivity contribution in [3.05, 3.63) is 35.4 Å². The first kappa shape index (κ1) is 10.6. The van der Waals surface area contributed by atoms with E-state index in [1.165, 1.54) is 31.4 Å². The van der Waals surface area contributed by atoms with Crippen LogP contribution in [-0.2, 0) is 6.54 Å². The summed E-state index contributed by atoms with van der Waals surface area (Å²) in [7, 11) is 0. The summed E-state index contributed by atoms with van der Waals surface area (Å²) in [4.78, 5) is 2.25. The molecule has 0 spiro atoms. The number of halogens is 2. The average Bonchev–Trinajstić information content (AvgIpc) is 2.17. The third-order valence-electron chi connectivity index (χ3n) is 2.78. The SMILES string of the molecule is Fc1cc(F)cc(CN2CCCCC2)c1. The Balaban J connectivity index is 2.02. The minimum atomic E-state index is -0.484. The topological polar surface area (TPSA) is 3.24 Å². The van der Waals surface area contributed by atoms with Gasteiger partial charge in [-0.15, -0.1) is 0 Å². The molecule has 1 saturated heterocycles. The molecule has 1 aromatic rings. The van der Waals surface area contributed by atoms with Crippen molar-refractivity contribution in [2.75, 3.05) is 13.1 Å². The molecule has 0 radical (unpaired) electrons. The van der Waals surface area contributed by atoms with E-state index in [9.17, 15) is 8.78 Å². The van der Waals surface area contributed by atoms with Crippen molar-refractivity contribution >= 4 is 0 Å². The second-order valence-electron chi connectivity index (χ2n) is 4.11. The van der Waals surface area contributed by atoms with E-state index in [2.05, 4.69) is 4.90 Å². The second kappa shape index (κ2) is 4.71. The van der Waals surface area contributed by atoms with Gasteiger partial charge in [-0.05, 0) is 43.6 Å². The van der Waals surface area contributed by atoms with Crippen LogP contribution in [0.25, 0.3) is 0 Å². The lowest BCUT2D eigenvalue weighted by molar-refractivity contribution is 0.220. The minimum Gasteiger partial charge on any atom is -0.299 e. The molecule has 0 atom stereocenters. The molecule has 15 heavy (non-hydrogen) atoms. The molecule has 0 saturated carbocycles. The quantitative estimate of drug-likeness (QED) is 0.727. The summed E-state index contributed by atoms with van der Waals surface area (Å²) in [6.07, 6.45) is 3.66. The van der Waals surface area contributed by atoms with Crippen molar-refractivity contribution in [3.63, 3.8) is 0 Å². The van der Waals surface area contributed by atoms with Crippen LogP contribution in [0.3, 0.4) is 0 Å². The zero-order valence-electron chi connectivity index (χ0n) is 8.68. The van der Waals surface area contributed by atoms with Gasteiger partial charge in [-0.1, -0.05) is 6.42 Å². The lowest BCUT2D eigenvalue weighted by Gasteiger charge is -2.26. The monoisotopic (exact) mass is 211 g/mol. The number of piperidine rings is 1. The van der Waals surface area contributed by atoms with E-state index in [0.717, 1.165) is 24.7 Å². The fraction of sp³-hybridized carbons (Fsp3) is 0.500. The molecule has 1 nitrogen and oxygen atoms in total. The van der Waals surface area contributed by atoms with Gasteiger partial charge in [0.1, 0.15) is 11.6 Å². The molecular weight excluding hydrogens is 196 g/mol. The normalized spacial score (nSPS) is 18.0. The van der Waals surface area contributed by atoms with Gasteiger partial charge >= 0.3 is 0 Å². The van der Waals surface area contributed by atoms with Crippen molar-refractivity contribution in [2.24, 2.45) is 0 Å². The Morgan fingerprint density at radius 1 is 0.933 bits per heavy atom. The highest BCUT2D eigenvalue weighted by Crippen LogP contribution is 2.14. The van der Waals surface area contributed by atoms with Gasteiger partial charge in [-0.2, -0.15) is 0 Å². The number of hydrogen-bond donors (Lipinski definition) is 0.